The largest absolute Gasteiger partial charge is 0.431 e. The van der Waals surface area contributed by atoms with Crippen molar-refractivity contribution < 1.29 is 19.4 Å². The maximum Gasteiger partial charge on any atom is 0.335 e. The van der Waals surface area contributed by atoms with E-state index in [2.05, 4.69) is 13.8 Å². The van der Waals surface area contributed by atoms with E-state index < -0.39 is 5.60 Å². The molecule has 4 aliphatic rings. The van der Waals surface area contributed by atoms with Gasteiger partial charge in [0.25, 0.3) is 0 Å². The highest BCUT2D eigenvalue weighted by atomic mass is 16.6. The number of aliphatic hydroxyl groups excluding tert-OH is 1. The van der Waals surface area contributed by atoms with Crippen molar-refractivity contribution >= 4 is 0 Å². The lowest BCUT2D eigenvalue weighted by molar-refractivity contribution is -0.209. The third-order valence-corrected chi connectivity index (χ3v) is 10.2. The van der Waals surface area contributed by atoms with Crippen molar-refractivity contribution in [3.8, 4) is 0 Å². The standard InChI is InChI=1S/C25H36O5/c1-23-10-7-18(30-15-26)13-17(23)4-5-21-20(23)8-11-24(2)19(9-12-25(21,24)28)16-3-6-22(27)29-14-16/h3,6,14,17-21,26,28H,4-5,7-13,15H2,1-2H3/t17-,18+,19-,20+,21-,23+,24-,25+/m1/s1. The molecule has 1 aromatic heterocycles. The van der Waals surface area contributed by atoms with Gasteiger partial charge in [0.2, 0.25) is 0 Å². The van der Waals surface area contributed by atoms with E-state index in [-0.39, 0.29) is 35.3 Å². The summed E-state index contributed by atoms with van der Waals surface area (Å²) in [4.78, 5) is 11.4. The molecule has 30 heavy (non-hydrogen) atoms. The minimum Gasteiger partial charge on any atom is -0.431 e. The summed E-state index contributed by atoms with van der Waals surface area (Å²) >= 11 is 0. The molecule has 0 spiro atoms. The molecule has 4 saturated carbocycles. The van der Waals surface area contributed by atoms with Crippen LogP contribution in [0.3, 0.4) is 0 Å². The van der Waals surface area contributed by atoms with E-state index in [1.165, 1.54) is 6.07 Å². The maximum absolute atomic E-state index is 12.2. The fourth-order valence-electron chi connectivity index (χ4n) is 8.54. The first-order valence-corrected chi connectivity index (χ1v) is 11.9. The summed E-state index contributed by atoms with van der Waals surface area (Å²) in [6.07, 6.45) is 11.2. The molecule has 0 aromatic carbocycles. The quantitative estimate of drug-likeness (QED) is 0.722. The Balaban J connectivity index is 1.43. The third-order valence-electron chi connectivity index (χ3n) is 10.2. The fraction of sp³-hybridized carbons (Fsp3) is 0.800. The van der Waals surface area contributed by atoms with E-state index in [0.717, 1.165) is 63.4 Å². The van der Waals surface area contributed by atoms with Gasteiger partial charge in [0.1, 0.15) is 6.79 Å². The zero-order chi connectivity index (χ0) is 21.1. The van der Waals surface area contributed by atoms with Gasteiger partial charge in [0.15, 0.2) is 0 Å². The average Bonchev–Trinajstić information content (AvgIpc) is 3.01. The van der Waals surface area contributed by atoms with E-state index in [1.807, 2.05) is 6.07 Å². The molecule has 0 amide bonds. The minimum atomic E-state index is -0.650. The summed E-state index contributed by atoms with van der Waals surface area (Å²) in [5.74, 6) is 1.76. The van der Waals surface area contributed by atoms with Crippen molar-refractivity contribution in [2.75, 3.05) is 6.79 Å². The summed E-state index contributed by atoms with van der Waals surface area (Å²) in [5.41, 5.74) is 0.186. The number of ether oxygens (including phenoxy) is 1. The molecule has 0 aliphatic heterocycles. The highest BCUT2D eigenvalue weighted by Crippen LogP contribution is 2.70. The first-order valence-electron chi connectivity index (χ1n) is 11.9. The summed E-state index contributed by atoms with van der Waals surface area (Å²) in [6.45, 7) is 4.57. The Hall–Kier alpha value is -1.17. The van der Waals surface area contributed by atoms with Crippen LogP contribution in [-0.2, 0) is 4.74 Å². The van der Waals surface area contributed by atoms with Gasteiger partial charge in [-0.1, -0.05) is 13.8 Å². The Bertz CT molecular complexity index is 830. The Kier molecular flexibility index (Phi) is 4.96. The molecular formula is C25H36O5. The van der Waals surface area contributed by atoms with Gasteiger partial charge in [-0.25, -0.2) is 4.79 Å². The van der Waals surface area contributed by atoms with Crippen LogP contribution in [0.15, 0.2) is 27.6 Å². The highest BCUT2D eigenvalue weighted by molar-refractivity contribution is 5.27. The number of rotatable bonds is 3. The Morgan fingerprint density at radius 3 is 2.63 bits per heavy atom. The van der Waals surface area contributed by atoms with E-state index in [1.54, 1.807) is 6.26 Å². The second kappa shape index (κ2) is 7.18. The Morgan fingerprint density at radius 2 is 1.90 bits per heavy atom. The van der Waals surface area contributed by atoms with Crippen molar-refractivity contribution in [2.45, 2.75) is 89.3 Å². The highest BCUT2D eigenvalue weighted by Gasteiger charge is 2.67. The summed E-state index contributed by atoms with van der Waals surface area (Å²) in [5, 5.41) is 21.4. The van der Waals surface area contributed by atoms with Crippen molar-refractivity contribution in [1.29, 1.82) is 0 Å². The molecule has 8 atom stereocenters. The van der Waals surface area contributed by atoms with Crippen LogP contribution in [0, 0.1) is 28.6 Å². The SMILES string of the molecule is C[C@]12CC[C@H](OCO)C[C@H]1CC[C@@H]1[C@@H]2CC[C@]2(C)[C@@H](c3ccc(=O)oc3)CC[C@]12O. The van der Waals surface area contributed by atoms with Crippen LogP contribution in [0.5, 0.6) is 0 Å². The molecule has 166 valence electrons. The fourth-order valence-corrected chi connectivity index (χ4v) is 8.54. The predicted octanol–water partition coefficient (Wildman–Crippen LogP) is 4.22. The zero-order valence-corrected chi connectivity index (χ0v) is 18.3. The number of hydrogen-bond acceptors (Lipinski definition) is 5. The lowest BCUT2D eigenvalue weighted by atomic mass is 9.43. The van der Waals surface area contributed by atoms with Crippen LogP contribution in [0.4, 0.5) is 0 Å². The second-order valence-electron chi connectivity index (χ2n) is 11.0. The topological polar surface area (TPSA) is 79.9 Å². The van der Waals surface area contributed by atoms with Crippen molar-refractivity contribution in [3.05, 3.63) is 34.4 Å². The van der Waals surface area contributed by atoms with Gasteiger partial charge >= 0.3 is 5.63 Å². The van der Waals surface area contributed by atoms with Gasteiger partial charge in [0, 0.05) is 11.5 Å². The molecule has 0 unspecified atom stereocenters. The van der Waals surface area contributed by atoms with Crippen molar-refractivity contribution in [3.63, 3.8) is 0 Å². The number of fused-ring (bicyclic) bond motifs is 5. The van der Waals surface area contributed by atoms with Crippen molar-refractivity contribution in [2.24, 2.45) is 28.6 Å². The van der Waals surface area contributed by atoms with Crippen LogP contribution in [-0.4, -0.2) is 28.7 Å². The normalized spacial score (nSPS) is 47.9. The van der Waals surface area contributed by atoms with E-state index in [0.29, 0.717) is 17.8 Å². The molecule has 5 rings (SSSR count). The molecule has 0 saturated heterocycles. The lowest BCUT2D eigenvalue weighted by Crippen LogP contribution is -2.62. The van der Waals surface area contributed by atoms with Gasteiger partial charge in [-0.2, -0.15) is 0 Å². The van der Waals surface area contributed by atoms with E-state index in [9.17, 15) is 15.0 Å². The van der Waals surface area contributed by atoms with Crippen molar-refractivity contribution in [1.82, 2.24) is 0 Å². The first-order chi connectivity index (χ1) is 14.3. The summed E-state index contributed by atoms with van der Waals surface area (Å²) in [7, 11) is 0. The molecular weight excluding hydrogens is 380 g/mol. The van der Waals surface area contributed by atoms with Crippen LogP contribution >= 0.6 is 0 Å². The summed E-state index contributed by atoms with van der Waals surface area (Å²) < 4.78 is 10.7. The molecule has 0 radical (unpaired) electrons. The summed E-state index contributed by atoms with van der Waals surface area (Å²) in [6, 6.07) is 3.42. The van der Waals surface area contributed by atoms with Gasteiger partial charge in [-0.15, -0.1) is 0 Å². The smallest absolute Gasteiger partial charge is 0.335 e. The van der Waals surface area contributed by atoms with Gasteiger partial charge in [-0.3, -0.25) is 0 Å². The average molecular weight is 417 g/mol. The number of hydrogen-bond donors (Lipinski definition) is 2. The van der Waals surface area contributed by atoms with E-state index >= 15 is 0 Å². The third kappa shape index (κ3) is 2.81. The van der Waals surface area contributed by atoms with E-state index in [4.69, 9.17) is 9.15 Å². The molecule has 0 bridgehead atoms. The molecule has 5 nitrogen and oxygen atoms in total. The lowest BCUT2D eigenvalue weighted by Gasteiger charge is -2.63. The monoisotopic (exact) mass is 416 g/mol. The molecule has 1 aromatic rings. The van der Waals surface area contributed by atoms with Gasteiger partial charge in [-0.05, 0) is 98.5 Å². The molecule has 5 heteroatoms. The van der Waals surface area contributed by atoms with Crippen LogP contribution in [0.25, 0.3) is 0 Å². The van der Waals surface area contributed by atoms with Gasteiger partial charge in [0.05, 0.1) is 18.0 Å². The second-order valence-corrected chi connectivity index (χ2v) is 11.0. The molecule has 4 aliphatic carbocycles. The first kappa shape index (κ1) is 20.7. The zero-order valence-electron chi connectivity index (χ0n) is 18.3. The van der Waals surface area contributed by atoms with Crippen LogP contribution in [0.2, 0.25) is 0 Å². The molecule has 4 fully saturated rings. The molecule has 2 N–H and O–H groups in total. The Morgan fingerprint density at radius 1 is 1.07 bits per heavy atom. The molecule has 1 heterocycles. The van der Waals surface area contributed by atoms with Gasteiger partial charge < -0.3 is 19.4 Å². The predicted molar refractivity (Wildman–Crippen MR) is 113 cm³/mol. The maximum atomic E-state index is 12.2. The Labute approximate surface area is 178 Å². The minimum absolute atomic E-state index is 0.172. The van der Waals surface area contributed by atoms with Crippen LogP contribution in [0.1, 0.15) is 83.1 Å². The van der Waals surface area contributed by atoms with Crippen LogP contribution < -0.4 is 5.63 Å². The number of aliphatic hydroxyl groups is 2.